The normalized spacial score (nSPS) is 11.4. The van der Waals surface area contributed by atoms with Gasteiger partial charge in [0.1, 0.15) is 12.3 Å². The van der Waals surface area contributed by atoms with Crippen LogP contribution in [0.2, 0.25) is 5.02 Å². The molecule has 0 saturated heterocycles. The first-order valence-corrected chi connectivity index (χ1v) is 11.5. The first-order chi connectivity index (χ1) is 15.5. The minimum Gasteiger partial charge on any atom is -0.506 e. The minimum absolute atomic E-state index is 0.0100. The average molecular weight is 484 g/mol. The summed E-state index contributed by atoms with van der Waals surface area (Å²) in [6.07, 6.45) is 0.250. The van der Waals surface area contributed by atoms with Crippen LogP contribution in [0.25, 0.3) is 10.4 Å². The van der Waals surface area contributed by atoms with Crippen LogP contribution in [0.4, 0.5) is 0 Å². The van der Waals surface area contributed by atoms with Crippen molar-refractivity contribution in [2.75, 3.05) is 6.54 Å². The standard InChI is InChI=1S/C25H26ClNO2S.CO2/c1-15-6-7-18(12-21(15)26)22(28)13-27-16(2)20-14-30-24(23(20)29)17-8-10-19(11-9-17)25(3,4)5;2-1-3/h6-12,14,29H,13H2,1-5H3;. The summed E-state index contributed by atoms with van der Waals surface area (Å²) in [7, 11) is 0. The zero-order valence-corrected chi connectivity index (χ0v) is 20.8. The van der Waals surface area contributed by atoms with Crippen molar-refractivity contribution in [1.82, 2.24) is 0 Å². The summed E-state index contributed by atoms with van der Waals surface area (Å²) in [5.74, 6) is 0.0968. The molecule has 172 valence electrons. The summed E-state index contributed by atoms with van der Waals surface area (Å²) >= 11 is 7.59. The third-order valence-electron chi connectivity index (χ3n) is 5.12. The Bertz CT molecular complexity index is 1200. The number of aliphatic imine (C=N–C) groups is 1. The number of benzene rings is 2. The summed E-state index contributed by atoms with van der Waals surface area (Å²) in [6.45, 7) is 10.2. The van der Waals surface area contributed by atoms with Crippen LogP contribution in [0.1, 0.15) is 54.7 Å². The monoisotopic (exact) mass is 483 g/mol. The molecule has 2 aromatic carbocycles. The van der Waals surface area contributed by atoms with Gasteiger partial charge >= 0.3 is 6.15 Å². The summed E-state index contributed by atoms with van der Waals surface area (Å²) < 4.78 is 0. The lowest BCUT2D eigenvalue weighted by molar-refractivity contribution is -0.191. The fourth-order valence-corrected chi connectivity index (χ4v) is 4.26. The van der Waals surface area contributed by atoms with Crippen LogP contribution >= 0.6 is 22.9 Å². The molecule has 1 heterocycles. The predicted octanol–water partition coefficient (Wildman–Crippen LogP) is 6.49. The van der Waals surface area contributed by atoms with Crippen LogP contribution < -0.4 is 0 Å². The van der Waals surface area contributed by atoms with Crippen molar-refractivity contribution in [2.24, 2.45) is 4.99 Å². The van der Waals surface area contributed by atoms with E-state index in [1.54, 1.807) is 12.1 Å². The van der Waals surface area contributed by atoms with Crippen molar-refractivity contribution in [1.29, 1.82) is 0 Å². The fraction of sp³-hybridized carbons (Fsp3) is 0.269. The Kier molecular flexibility index (Phi) is 8.89. The Labute approximate surface area is 202 Å². The molecule has 0 aliphatic heterocycles. The zero-order chi connectivity index (χ0) is 24.8. The number of ketones is 1. The zero-order valence-electron chi connectivity index (χ0n) is 19.2. The summed E-state index contributed by atoms with van der Waals surface area (Å²) in [5, 5.41) is 13.2. The lowest BCUT2D eigenvalue weighted by atomic mass is 9.86. The van der Waals surface area contributed by atoms with Gasteiger partial charge in [0, 0.05) is 27.2 Å². The highest BCUT2D eigenvalue weighted by atomic mass is 35.5. The van der Waals surface area contributed by atoms with Gasteiger partial charge in [-0.15, -0.1) is 11.3 Å². The maximum absolute atomic E-state index is 12.4. The number of aromatic hydroxyl groups is 1. The van der Waals surface area contributed by atoms with Gasteiger partial charge in [0.25, 0.3) is 0 Å². The molecule has 0 spiro atoms. The van der Waals surface area contributed by atoms with Crippen molar-refractivity contribution in [3.63, 3.8) is 0 Å². The van der Waals surface area contributed by atoms with Crippen LogP contribution in [0.5, 0.6) is 5.75 Å². The van der Waals surface area contributed by atoms with E-state index in [2.05, 4.69) is 37.9 Å². The first-order valence-electron chi connectivity index (χ1n) is 10.2. The van der Waals surface area contributed by atoms with Crippen molar-refractivity contribution in [3.05, 3.63) is 75.1 Å². The molecule has 0 aliphatic rings. The summed E-state index contributed by atoms with van der Waals surface area (Å²) in [5.41, 5.74) is 5.05. The number of hydrogen-bond acceptors (Lipinski definition) is 6. The quantitative estimate of drug-likeness (QED) is 0.332. The minimum atomic E-state index is -0.107. The topological polar surface area (TPSA) is 83.8 Å². The van der Waals surface area contributed by atoms with E-state index in [1.165, 1.54) is 16.9 Å². The number of thiophene rings is 1. The SMILES string of the molecule is CC(=NCC(=O)c1ccc(C)c(Cl)c1)c1csc(-c2ccc(C(C)(C)C)cc2)c1O.O=C=O. The predicted molar refractivity (Wildman–Crippen MR) is 133 cm³/mol. The van der Waals surface area contributed by atoms with Gasteiger partial charge < -0.3 is 5.11 Å². The van der Waals surface area contributed by atoms with E-state index in [9.17, 15) is 9.90 Å². The molecule has 3 aromatic rings. The molecule has 1 aromatic heterocycles. The molecule has 0 atom stereocenters. The van der Waals surface area contributed by atoms with Crippen molar-refractivity contribution in [2.45, 2.75) is 40.0 Å². The summed E-state index contributed by atoms with van der Waals surface area (Å²) in [4.78, 5) is 33.9. The molecule has 5 nitrogen and oxygen atoms in total. The lowest BCUT2D eigenvalue weighted by Gasteiger charge is -2.19. The van der Waals surface area contributed by atoms with Gasteiger partial charge in [-0.05, 0) is 42.0 Å². The molecule has 33 heavy (non-hydrogen) atoms. The molecule has 0 fully saturated rings. The van der Waals surface area contributed by atoms with E-state index < -0.39 is 0 Å². The molecule has 0 saturated carbocycles. The van der Waals surface area contributed by atoms with E-state index in [4.69, 9.17) is 21.2 Å². The van der Waals surface area contributed by atoms with Crippen LogP contribution in [-0.2, 0) is 15.0 Å². The second-order valence-corrected chi connectivity index (χ2v) is 9.81. The second kappa shape index (κ2) is 11.2. The van der Waals surface area contributed by atoms with E-state index in [0.29, 0.717) is 21.9 Å². The Hall–Kier alpha value is -3.05. The second-order valence-electron chi connectivity index (χ2n) is 8.53. The number of aryl methyl sites for hydroxylation is 1. The van der Waals surface area contributed by atoms with E-state index in [1.807, 2.05) is 37.4 Å². The molecule has 0 unspecified atom stereocenters. The van der Waals surface area contributed by atoms with E-state index in [-0.39, 0.29) is 29.6 Å². The van der Waals surface area contributed by atoms with Gasteiger partial charge in [0.05, 0.1) is 4.88 Å². The highest BCUT2D eigenvalue weighted by molar-refractivity contribution is 7.14. The number of rotatable bonds is 5. The highest BCUT2D eigenvalue weighted by Crippen LogP contribution is 2.39. The van der Waals surface area contributed by atoms with Gasteiger partial charge in [-0.2, -0.15) is 9.59 Å². The Morgan fingerprint density at radius 2 is 1.73 bits per heavy atom. The van der Waals surface area contributed by atoms with Gasteiger partial charge in [-0.1, -0.05) is 68.8 Å². The molecule has 3 rings (SSSR count). The van der Waals surface area contributed by atoms with Crippen molar-refractivity contribution in [3.8, 4) is 16.2 Å². The Morgan fingerprint density at radius 1 is 1.12 bits per heavy atom. The number of Topliss-reactive ketones (excluding diaryl/α,β-unsaturated/α-hetero) is 1. The van der Waals surface area contributed by atoms with Crippen LogP contribution in [0, 0.1) is 6.92 Å². The number of nitrogens with zero attached hydrogens (tertiary/aromatic N) is 1. The summed E-state index contributed by atoms with van der Waals surface area (Å²) in [6, 6.07) is 13.5. The van der Waals surface area contributed by atoms with Crippen molar-refractivity contribution < 1.29 is 19.5 Å². The smallest absolute Gasteiger partial charge is 0.373 e. The van der Waals surface area contributed by atoms with Gasteiger partial charge in [-0.3, -0.25) is 9.79 Å². The van der Waals surface area contributed by atoms with E-state index >= 15 is 0 Å². The molecule has 7 heteroatoms. The fourth-order valence-electron chi connectivity index (χ4n) is 3.07. The van der Waals surface area contributed by atoms with Crippen LogP contribution in [-0.4, -0.2) is 29.3 Å². The first kappa shape index (κ1) is 26.2. The molecule has 0 aliphatic carbocycles. The number of carbonyl (C=O) groups excluding carboxylic acids is 3. The van der Waals surface area contributed by atoms with Crippen LogP contribution in [0.15, 0.2) is 52.8 Å². The number of hydrogen-bond donors (Lipinski definition) is 1. The number of halogens is 1. The third-order valence-corrected chi connectivity index (χ3v) is 6.55. The van der Waals surface area contributed by atoms with Gasteiger partial charge in [0.2, 0.25) is 0 Å². The third kappa shape index (κ3) is 6.72. The van der Waals surface area contributed by atoms with Gasteiger partial charge in [-0.25, -0.2) is 0 Å². The lowest BCUT2D eigenvalue weighted by Crippen LogP contribution is -2.10. The van der Waals surface area contributed by atoms with Gasteiger partial charge in [0.15, 0.2) is 5.78 Å². The molecule has 1 N–H and O–H groups in total. The molecule has 0 amide bonds. The molecular weight excluding hydrogens is 458 g/mol. The largest absolute Gasteiger partial charge is 0.506 e. The Balaban J connectivity index is 0.00000122. The van der Waals surface area contributed by atoms with Crippen LogP contribution in [0.3, 0.4) is 0 Å². The maximum Gasteiger partial charge on any atom is 0.373 e. The maximum atomic E-state index is 12.4. The highest BCUT2D eigenvalue weighted by Gasteiger charge is 2.17. The number of carbonyl (C=O) groups is 1. The molecular formula is C26H26ClNO4S. The molecule has 0 radical (unpaired) electrons. The Morgan fingerprint density at radius 3 is 2.27 bits per heavy atom. The van der Waals surface area contributed by atoms with Crippen molar-refractivity contribution >= 4 is 40.6 Å². The van der Waals surface area contributed by atoms with E-state index in [0.717, 1.165) is 16.0 Å². The molecule has 0 bridgehead atoms. The average Bonchev–Trinajstić information content (AvgIpc) is 3.15.